The molecule has 0 aromatic carbocycles. The highest BCUT2D eigenvalue weighted by Crippen LogP contribution is 2.31. The van der Waals surface area contributed by atoms with Crippen molar-refractivity contribution in [3.8, 4) is 0 Å². The lowest BCUT2D eigenvalue weighted by atomic mass is 10.1. The van der Waals surface area contributed by atoms with Gasteiger partial charge in [-0.2, -0.15) is 11.8 Å². The molecule has 1 nitrogen and oxygen atoms in total. The van der Waals surface area contributed by atoms with E-state index in [1.54, 1.807) is 11.3 Å². The Hall–Kier alpha value is 0.300. The largest absolute Gasteiger partial charge is 0.306 e. The second kappa shape index (κ2) is 5.09. The Balaban J connectivity index is 1.94. The van der Waals surface area contributed by atoms with Crippen molar-refractivity contribution >= 4 is 34.7 Å². The molecule has 1 saturated heterocycles. The first kappa shape index (κ1) is 11.8. The summed E-state index contributed by atoms with van der Waals surface area (Å²) in [5.41, 5.74) is 0. The normalized spacial score (nSPS) is 28.2. The zero-order chi connectivity index (χ0) is 10.8. The van der Waals surface area contributed by atoms with Crippen LogP contribution in [0.5, 0.6) is 0 Å². The highest BCUT2D eigenvalue weighted by molar-refractivity contribution is 8.00. The molecule has 1 N–H and O–H groups in total. The third-order valence-corrected chi connectivity index (χ3v) is 5.60. The van der Waals surface area contributed by atoms with E-state index in [0.29, 0.717) is 12.1 Å². The lowest BCUT2D eigenvalue weighted by Crippen LogP contribution is -2.35. The van der Waals surface area contributed by atoms with E-state index in [1.807, 2.05) is 6.07 Å². The highest BCUT2D eigenvalue weighted by Gasteiger charge is 2.25. The molecule has 84 valence electrons. The van der Waals surface area contributed by atoms with Gasteiger partial charge in [-0.15, -0.1) is 11.3 Å². The molecule has 2 rings (SSSR count). The first-order valence-corrected chi connectivity index (χ1v) is 7.54. The molecule has 0 spiro atoms. The smallest absolute Gasteiger partial charge is 0.0931 e. The average Bonchev–Trinajstić information content (AvgIpc) is 2.77. The van der Waals surface area contributed by atoms with Crippen LogP contribution in [0, 0.1) is 0 Å². The number of thioether (sulfide) groups is 1. The van der Waals surface area contributed by atoms with Crippen molar-refractivity contribution in [3.05, 3.63) is 21.3 Å². The summed E-state index contributed by atoms with van der Waals surface area (Å²) in [6.07, 6.45) is 1.29. The van der Waals surface area contributed by atoms with Crippen LogP contribution in [-0.2, 0) is 0 Å². The molecule has 2 heterocycles. The van der Waals surface area contributed by atoms with Gasteiger partial charge in [0, 0.05) is 22.2 Å². The van der Waals surface area contributed by atoms with E-state index in [2.05, 4.69) is 37.0 Å². The van der Waals surface area contributed by atoms with Gasteiger partial charge in [0.1, 0.15) is 0 Å². The zero-order valence-corrected chi connectivity index (χ0v) is 11.4. The van der Waals surface area contributed by atoms with Crippen molar-refractivity contribution in [2.45, 2.75) is 37.6 Å². The van der Waals surface area contributed by atoms with Crippen LogP contribution in [0.25, 0.3) is 0 Å². The summed E-state index contributed by atoms with van der Waals surface area (Å²) in [5, 5.41) is 4.43. The Labute approximate surface area is 105 Å². The van der Waals surface area contributed by atoms with Crippen LogP contribution in [0.15, 0.2) is 12.1 Å². The van der Waals surface area contributed by atoms with E-state index in [4.69, 9.17) is 11.6 Å². The minimum atomic E-state index is 0.425. The summed E-state index contributed by atoms with van der Waals surface area (Å²) < 4.78 is 0.882. The quantitative estimate of drug-likeness (QED) is 0.884. The van der Waals surface area contributed by atoms with Gasteiger partial charge in [-0.3, -0.25) is 0 Å². The molecule has 0 saturated carbocycles. The average molecular weight is 262 g/mol. The van der Waals surface area contributed by atoms with Crippen LogP contribution in [-0.4, -0.2) is 17.0 Å². The van der Waals surface area contributed by atoms with Crippen LogP contribution in [0.3, 0.4) is 0 Å². The van der Waals surface area contributed by atoms with Crippen LogP contribution in [0.4, 0.5) is 0 Å². The molecule has 1 aliphatic heterocycles. The van der Waals surface area contributed by atoms with Crippen molar-refractivity contribution in [2.75, 3.05) is 5.75 Å². The number of halogens is 1. The maximum atomic E-state index is 5.94. The Kier molecular flexibility index (Phi) is 3.99. The summed E-state index contributed by atoms with van der Waals surface area (Å²) in [6.45, 7) is 4.53. The molecular formula is C11H16ClNS2. The Bertz CT molecular complexity index is 326. The topological polar surface area (TPSA) is 12.0 Å². The van der Waals surface area contributed by atoms with Gasteiger partial charge in [-0.05, 0) is 31.2 Å². The molecule has 1 aromatic heterocycles. The molecule has 1 fully saturated rings. The minimum Gasteiger partial charge on any atom is -0.306 e. The Morgan fingerprint density at radius 2 is 2.33 bits per heavy atom. The summed E-state index contributed by atoms with van der Waals surface area (Å²) in [7, 11) is 0. The van der Waals surface area contributed by atoms with E-state index in [1.165, 1.54) is 17.1 Å². The van der Waals surface area contributed by atoms with E-state index < -0.39 is 0 Å². The number of hydrogen-bond donors (Lipinski definition) is 1. The first-order chi connectivity index (χ1) is 7.16. The van der Waals surface area contributed by atoms with Crippen LogP contribution >= 0.6 is 34.7 Å². The third kappa shape index (κ3) is 2.90. The van der Waals surface area contributed by atoms with Gasteiger partial charge >= 0.3 is 0 Å². The van der Waals surface area contributed by atoms with Crippen molar-refractivity contribution in [2.24, 2.45) is 0 Å². The van der Waals surface area contributed by atoms with E-state index in [9.17, 15) is 0 Å². The maximum absolute atomic E-state index is 5.94. The molecular weight excluding hydrogens is 246 g/mol. The van der Waals surface area contributed by atoms with Gasteiger partial charge in [-0.1, -0.05) is 18.5 Å². The molecule has 0 aliphatic carbocycles. The number of nitrogens with one attached hydrogen (secondary N) is 1. The third-order valence-electron chi connectivity index (χ3n) is 2.86. The monoisotopic (exact) mass is 261 g/mol. The maximum Gasteiger partial charge on any atom is 0.0931 e. The van der Waals surface area contributed by atoms with Crippen molar-refractivity contribution < 1.29 is 0 Å². The van der Waals surface area contributed by atoms with E-state index >= 15 is 0 Å². The summed E-state index contributed by atoms with van der Waals surface area (Å²) >= 11 is 9.68. The summed E-state index contributed by atoms with van der Waals surface area (Å²) in [5.74, 6) is 1.29. The molecule has 0 amide bonds. The van der Waals surface area contributed by atoms with Gasteiger partial charge < -0.3 is 5.32 Å². The highest BCUT2D eigenvalue weighted by atomic mass is 35.5. The fraction of sp³-hybridized carbons (Fsp3) is 0.636. The Morgan fingerprint density at radius 3 is 2.87 bits per heavy atom. The van der Waals surface area contributed by atoms with E-state index in [0.717, 1.165) is 9.59 Å². The molecule has 0 bridgehead atoms. The van der Waals surface area contributed by atoms with E-state index in [-0.39, 0.29) is 0 Å². The fourth-order valence-corrected chi connectivity index (χ4v) is 4.20. The van der Waals surface area contributed by atoms with Gasteiger partial charge in [0.15, 0.2) is 0 Å². The minimum absolute atomic E-state index is 0.425. The molecule has 1 aromatic rings. The standard InChI is InChI=1S/C11H16ClNS2/c1-7(10-3-4-11(12)15-10)13-9-5-6-14-8(9)2/h3-4,7-9,13H,5-6H2,1-2H3. The zero-order valence-electron chi connectivity index (χ0n) is 9.00. The predicted molar refractivity (Wildman–Crippen MR) is 71.2 cm³/mol. The summed E-state index contributed by atoms with van der Waals surface area (Å²) in [6, 6.07) is 5.18. The van der Waals surface area contributed by atoms with Crippen LogP contribution in [0.1, 0.15) is 31.2 Å². The predicted octanol–water partition coefficient (Wildman–Crippen LogP) is 3.95. The number of hydrogen-bond acceptors (Lipinski definition) is 3. The van der Waals surface area contributed by atoms with Gasteiger partial charge in [-0.25, -0.2) is 0 Å². The lowest BCUT2D eigenvalue weighted by Gasteiger charge is -2.21. The molecule has 0 radical (unpaired) electrons. The molecule has 3 unspecified atom stereocenters. The van der Waals surface area contributed by atoms with Gasteiger partial charge in [0.2, 0.25) is 0 Å². The van der Waals surface area contributed by atoms with Crippen molar-refractivity contribution in [1.29, 1.82) is 0 Å². The van der Waals surface area contributed by atoms with Gasteiger partial charge in [0.25, 0.3) is 0 Å². The molecule has 15 heavy (non-hydrogen) atoms. The Morgan fingerprint density at radius 1 is 1.53 bits per heavy atom. The number of rotatable bonds is 3. The second-order valence-electron chi connectivity index (χ2n) is 4.00. The number of thiophene rings is 1. The first-order valence-electron chi connectivity index (χ1n) is 5.29. The van der Waals surface area contributed by atoms with Crippen molar-refractivity contribution in [1.82, 2.24) is 5.32 Å². The summed E-state index contributed by atoms with van der Waals surface area (Å²) in [4.78, 5) is 1.34. The van der Waals surface area contributed by atoms with Gasteiger partial charge in [0.05, 0.1) is 4.34 Å². The molecule has 1 aliphatic rings. The van der Waals surface area contributed by atoms with Crippen molar-refractivity contribution in [3.63, 3.8) is 0 Å². The molecule has 4 heteroatoms. The fourth-order valence-electron chi connectivity index (χ4n) is 1.91. The lowest BCUT2D eigenvalue weighted by molar-refractivity contribution is 0.458. The van der Waals surface area contributed by atoms with Crippen LogP contribution in [0.2, 0.25) is 4.34 Å². The van der Waals surface area contributed by atoms with Crippen LogP contribution < -0.4 is 5.32 Å². The SMILES string of the molecule is CC(NC1CCSC1C)c1ccc(Cl)s1. The molecule has 3 atom stereocenters. The second-order valence-corrected chi connectivity index (χ2v) is 7.23.